The highest BCUT2D eigenvalue weighted by atomic mass is 16.5. The lowest BCUT2D eigenvalue weighted by atomic mass is 10.1. The van der Waals surface area contributed by atoms with Gasteiger partial charge in [0.15, 0.2) is 11.5 Å². The van der Waals surface area contributed by atoms with Crippen LogP contribution in [0.4, 0.5) is 0 Å². The molecule has 1 amide bonds. The number of carbonyl (C=O) groups is 1. The first-order valence-corrected chi connectivity index (χ1v) is 7.94. The van der Waals surface area contributed by atoms with E-state index in [-0.39, 0.29) is 5.91 Å². The Labute approximate surface area is 146 Å². The van der Waals surface area contributed by atoms with Crippen LogP contribution in [-0.4, -0.2) is 37.1 Å². The minimum absolute atomic E-state index is 0.0887. The van der Waals surface area contributed by atoms with Crippen LogP contribution in [0.5, 0.6) is 11.5 Å². The molecule has 1 heterocycles. The molecule has 5 heteroatoms. The topological polar surface area (TPSA) is 51.7 Å². The van der Waals surface area contributed by atoms with Gasteiger partial charge in [-0.25, -0.2) is 0 Å². The third-order valence-electron chi connectivity index (χ3n) is 4.10. The van der Waals surface area contributed by atoms with Crippen molar-refractivity contribution in [3.05, 3.63) is 65.9 Å². The van der Waals surface area contributed by atoms with Gasteiger partial charge in [0.2, 0.25) is 0 Å². The summed E-state index contributed by atoms with van der Waals surface area (Å²) in [6, 6.07) is 15.1. The van der Waals surface area contributed by atoms with Crippen LogP contribution >= 0.6 is 0 Å². The van der Waals surface area contributed by atoms with Crippen LogP contribution in [0.25, 0.3) is 10.9 Å². The van der Waals surface area contributed by atoms with E-state index in [0.717, 1.165) is 10.9 Å². The predicted molar refractivity (Wildman–Crippen MR) is 97.1 cm³/mol. The molecule has 0 aliphatic carbocycles. The molecule has 3 aromatic rings. The van der Waals surface area contributed by atoms with E-state index in [1.54, 1.807) is 38.4 Å². The minimum Gasteiger partial charge on any atom is -0.493 e. The van der Waals surface area contributed by atoms with E-state index in [1.165, 1.54) is 0 Å². The van der Waals surface area contributed by atoms with Crippen LogP contribution in [0, 0.1) is 0 Å². The van der Waals surface area contributed by atoms with E-state index in [0.29, 0.717) is 29.1 Å². The molecule has 0 saturated heterocycles. The van der Waals surface area contributed by atoms with Gasteiger partial charge >= 0.3 is 0 Å². The molecule has 5 nitrogen and oxygen atoms in total. The average Bonchev–Trinajstić information content (AvgIpc) is 2.66. The Balaban J connectivity index is 1.91. The van der Waals surface area contributed by atoms with Gasteiger partial charge in [-0.15, -0.1) is 0 Å². The summed E-state index contributed by atoms with van der Waals surface area (Å²) in [5.74, 6) is 1.20. The van der Waals surface area contributed by atoms with Crippen LogP contribution in [0.1, 0.15) is 15.9 Å². The summed E-state index contributed by atoms with van der Waals surface area (Å²) in [6.07, 6.45) is 1.70. The highest BCUT2D eigenvalue weighted by molar-refractivity contribution is 6.05. The van der Waals surface area contributed by atoms with Crippen molar-refractivity contribution < 1.29 is 14.3 Å². The molecule has 25 heavy (non-hydrogen) atoms. The SMILES string of the molecule is COc1cccc(CN(C)C(=O)c2cccc3cccnc23)c1OC. The zero-order valence-corrected chi connectivity index (χ0v) is 14.5. The maximum absolute atomic E-state index is 12.9. The molecule has 0 aliphatic heterocycles. The normalized spacial score (nSPS) is 10.5. The number of aromatic nitrogens is 1. The number of para-hydroxylation sites is 2. The molecular formula is C20H20N2O3. The van der Waals surface area contributed by atoms with Gasteiger partial charge in [-0.1, -0.05) is 30.3 Å². The van der Waals surface area contributed by atoms with Crippen LogP contribution in [0.15, 0.2) is 54.7 Å². The first-order chi connectivity index (χ1) is 12.2. The standard InChI is InChI=1S/C20H20N2O3/c1-22(13-15-8-5-11-17(24-2)19(15)25-3)20(23)16-10-4-7-14-9-6-12-21-18(14)16/h4-12H,13H2,1-3H3. The minimum atomic E-state index is -0.0887. The first kappa shape index (κ1) is 16.8. The molecular weight excluding hydrogens is 316 g/mol. The molecule has 0 unspecified atom stereocenters. The summed E-state index contributed by atoms with van der Waals surface area (Å²) in [5.41, 5.74) is 2.17. The number of hydrogen-bond acceptors (Lipinski definition) is 4. The number of fused-ring (bicyclic) bond motifs is 1. The smallest absolute Gasteiger partial charge is 0.256 e. The van der Waals surface area contributed by atoms with Crippen LogP contribution in [-0.2, 0) is 6.54 Å². The maximum atomic E-state index is 12.9. The van der Waals surface area contributed by atoms with Gasteiger partial charge in [-0.05, 0) is 18.2 Å². The van der Waals surface area contributed by atoms with Crippen LogP contribution in [0.3, 0.4) is 0 Å². The fourth-order valence-electron chi connectivity index (χ4n) is 2.89. The Kier molecular flexibility index (Phi) is 4.84. The van der Waals surface area contributed by atoms with Crippen LogP contribution in [0.2, 0.25) is 0 Å². The largest absolute Gasteiger partial charge is 0.493 e. The molecule has 1 aromatic heterocycles. The van der Waals surface area contributed by atoms with E-state index in [9.17, 15) is 4.79 Å². The van der Waals surface area contributed by atoms with E-state index in [2.05, 4.69) is 4.98 Å². The van der Waals surface area contributed by atoms with Crippen molar-refractivity contribution in [3.63, 3.8) is 0 Å². The average molecular weight is 336 g/mol. The summed E-state index contributed by atoms with van der Waals surface area (Å²) in [6.45, 7) is 0.405. The fourth-order valence-corrected chi connectivity index (χ4v) is 2.89. The predicted octanol–water partition coefficient (Wildman–Crippen LogP) is 3.52. The Morgan fingerprint density at radius 2 is 1.80 bits per heavy atom. The number of benzene rings is 2. The van der Waals surface area contributed by atoms with Gasteiger partial charge in [-0.2, -0.15) is 0 Å². The van der Waals surface area contributed by atoms with Crippen LogP contribution < -0.4 is 9.47 Å². The molecule has 128 valence electrons. The molecule has 0 spiro atoms. The van der Waals surface area contributed by atoms with E-state index in [1.807, 2.05) is 42.5 Å². The number of carbonyl (C=O) groups excluding carboxylic acids is 1. The lowest BCUT2D eigenvalue weighted by Gasteiger charge is -2.20. The second-order valence-corrected chi connectivity index (χ2v) is 5.69. The monoisotopic (exact) mass is 336 g/mol. The van der Waals surface area contributed by atoms with Crippen molar-refractivity contribution in [1.29, 1.82) is 0 Å². The van der Waals surface area contributed by atoms with Gasteiger partial charge in [0, 0.05) is 30.7 Å². The zero-order chi connectivity index (χ0) is 17.8. The van der Waals surface area contributed by atoms with Crippen molar-refractivity contribution in [2.24, 2.45) is 0 Å². The summed E-state index contributed by atoms with van der Waals surface area (Å²) < 4.78 is 10.8. The maximum Gasteiger partial charge on any atom is 0.256 e. The summed E-state index contributed by atoms with van der Waals surface area (Å²) in [5, 5.41) is 0.945. The second kappa shape index (κ2) is 7.21. The molecule has 2 aromatic carbocycles. The van der Waals surface area contributed by atoms with Crippen molar-refractivity contribution in [1.82, 2.24) is 9.88 Å². The zero-order valence-electron chi connectivity index (χ0n) is 14.5. The summed E-state index contributed by atoms with van der Waals surface area (Å²) >= 11 is 0. The van der Waals surface area contributed by atoms with E-state index >= 15 is 0 Å². The third-order valence-corrected chi connectivity index (χ3v) is 4.10. The quantitative estimate of drug-likeness (QED) is 0.715. The fraction of sp³-hybridized carbons (Fsp3) is 0.200. The number of rotatable bonds is 5. The van der Waals surface area contributed by atoms with Crippen molar-refractivity contribution in [2.45, 2.75) is 6.54 Å². The molecule has 0 bridgehead atoms. The summed E-state index contributed by atoms with van der Waals surface area (Å²) in [4.78, 5) is 18.9. The van der Waals surface area contributed by atoms with Gasteiger partial charge in [0.25, 0.3) is 5.91 Å². The number of methoxy groups -OCH3 is 2. The third kappa shape index (κ3) is 3.26. The summed E-state index contributed by atoms with van der Waals surface area (Å²) in [7, 11) is 4.96. The van der Waals surface area contributed by atoms with Crippen molar-refractivity contribution >= 4 is 16.8 Å². The van der Waals surface area contributed by atoms with E-state index < -0.39 is 0 Å². The Bertz CT molecular complexity index is 903. The molecule has 0 radical (unpaired) electrons. The molecule has 0 atom stereocenters. The molecule has 3 rings (SSSR count). The van der Waals surface area contributed by atoms with Gasteiger partial charge < -0.3 is 14.4 Å². The number of pyridine rings is 1. The highest BCUT2D eigenvalue weighted by Gasteiger charge is 2.18. The Hall–Kier alpha value is -3.08. The highest BCUT2D eigenvalue weighted by Crippen LogP contribution is 2.31. The van der Waals surface area contributed by atoms with Gasteiger partial charge in [0.05, 0.1) is 25.3 Å². The lowest BCUT2D eigenvalue weighted by Crippen LogP contribution is -2.26. The second-order valence-electron chi connectivity index (χ2n) is 5.69. The number of hydrogen-bond donors (Lipinski definition) is 0. The van der Waals surface area contributed by atoms with E-state index in [4.69, 9.17) is 9.47 Å². The van der Waals surface area contributed by atoms with Gasteiger partial charge in [-0.3, -0.25) is 9.78 Å². The van der Waals surface area contributed by atoms with Crippen molar-refractivity contribution in [3.8, 4) is 11.5 Å². The number of ether oxygens (including phenoxy) is 2. The Morgan fingerprint density at radius 3 is 2.56 bits per heavy atom. The molecule has 0 saturated carbocycles. The lowest BCUT2D eigenvalue weighted by molar-refractivity contribution is 0.0785. The Morgan fingerprint density at radius 1 is 1.04 bits per heavy atom. The molecule has 0 N–H and O–H groups in total. The number of nitrogens with zero attached hydrogens (tertiary/aromatic N) is 2. The van der Waals surface area contributed by atoms with Crippen molar-refractivity contribution in [2.75, 3.05) is 21.3 Å². The number of amides is 1. The molecule has 0 aliphatic rings. The van der Waals surface area contributed by atoms with Gasteiger partial charge in [0.1, 0.15) is 0 Å². The molecule has 0 fully saturated rings. The first-order valence-electron chi connectivity index (χ1n) is 7.94.